The topological polar surface area (TPSA) is 71.5 Å². The van der Waals surface area contributed by atoms with Crippen LogP contribution in [0.5, 0.6) is 0 Å². The van der Waals surface area contributed by atoms with Gasteiger partial charge >= 0.3 is 0 Å². The van der Waals surface area contributed by atoms with Crippen molar-refractivity contribution in [2.24, 2.45) is 0 Å². The molecule has 0 unspecified atom stereocenters. The molecule has 6 aromatic rings. The molecule has 0 atom stereocenters. The molecule has 5 nitrogen and oxygen atoms in total. The molecule has 0 aliphatic heterocycles. The largest absolute Gasteiger partial charge is 0.277 e. The average molecular weight is 610 g/mol. The second-order valence-electron chi connectivity index (χ2n) is 13.2. The van der Waals surface area contributed by atoms with Crippen molar-refractivity contribution in [3.05, 3.63) is 114 Å². The van der Waals surface area contributed by atoms with Gasteiger partial charge in [0.05, 0.1) is 15.5 Å². The maximum Gasteiger partial charge on any atom is 0.277 e. The van der Waals surface area contributed by atoms with Crippen LogP contribution in [-0.4, -0.2) is 16.8 Å². The minimum atomic E-state index is -4.59. The van der Waals surface area contributed by atoms with Crippen LogP contribution in [0.2, 0.25) is 0 Å². The number of hydrogen-bond donors (Lipinski definition) is 0. The first-order valence-electron chi connectivity index (χ1n) is 14.3. The second-order valence-corrected chi connectivity index (χ2v) is 17.0. The lowest BCUT2D eigenvalue weighted by Crippen LogP contribution is -2.38. The molecule has 0 saturated heterocycles. The zero-order valence-electron chi connectivity index (χ0n) is 25.2. The fourth-order valence-electron chi connectivity index (χ4n) is 5.83. The van der Waals surface area contributed by atoms with Crippen LogP contribution in [0.25, 0.3) is 32.3 Å². The summed E-state index contributed by atoms with van der Waals surface area (Å²) in [7, 11) is -9.18. The number of sulfonamides is 2. The molecule has 7 heteroatoms. The molecule has 0 aromatic heterocycles. The minimum absolute atomic E-state index is 0.0701. The molecule has 6 rings (SSSR count). The van der Waals surface area contributed by atoms with Gasteiger partial charge in [0.1, 0.15) is 0 Å². The third-order valence-electron chi connectivity index (χ3n) is 8.06. The van der Waals surface area contributed by atoms with Crippen LogP contribution in [0.15, 0.2) is 113 Å². The Bertz CT molecular complexity index is 2120. The molecule has 0 amide bonds. The van der Waals surface area contributed by atoms with Crippen molar-refractivity contribution < 1.29 is 16.8 Å². The predicted molar refractivity (Wildman–Crippen MR) is 177 cm³/mol. The van der Waals surface area contributed by atoms with Gasteiger partial charge in [-0.05, 0) is 79.2 Å². The van der Waals surface area contributed by atoms with Gasteiger partial charge in [-0.3, -0.25) is 0 Å². The number of anilines is 1. The van der Waals surface area contributed by atoms with Crippen LogP contribution in [0.3, 0.4) is 0 Å². The standard InChI is InChI=1S/C36H35NO4S2/c1-35(2,3)27-21-24-17-18-26-23-31(36(4,5)6)34(30-20-19-25(22-27)32(24)33(26)30)37(42(38,39)28-13-9-7-10-14-28)43(40,41)29-15-11-8-12-16-29/h7-23H,1-6H3. The summed E-state index contributed by atoms with van der Waals surface area (Å²) in [6.07, 6.45) is 0. The fourth-order valence-corrected chi connectivity index (χ4v) is 9.64. The molecule has 6 aromatic carbocycles. The van der Waals surface area contributed by atoms with E-state index in [0.717, 1.165) is 26.9 Å². The Morgan fingerprint density at radius 2 is 0.953 bits per heavy atom. The highest BCUT2D eigenvalue weighted by atomic mass is 32.3. The summed E-state index contributed by atoms with van der Waals surface area (Å²) in [5.41, 5.74) is 1.29. The molecule has 0 heterocycles. The van der Waals surface area contributed by atoms with Gasteiger partial charge in [0.25, 0.3) is 20.0 Å². The molecular weight excluding hydrogens is 575 g/mol. The monoisotopic (exact) mass is 609 g/mol. The van der Waals surface area contributed by atoms with Gasteiger partial charge in [-0.25, -0.2) is 16.8 Å². The molecule has 0 saturated carbocycles. The highest BCUT2D eigenvalue weighted by Crippen LogP contribution is 2.48. The molecule has 0 N–H and O–H groups in total. The van der Waals surface area contributed by atoms with Crippen LogP contribution in [0.4, 0.5) is 5.69 Å². The van der Waals surface area contributed by atoms with E-state index in [1.165, 1.54) is 29.8 Å². The average Bonchev–Trinajstić information content (AvgIpc) is 2.96. The summed E-state index contributed by atoms with van der Waals surface area (Å²) in [6, 6.07) is 29.9. The SMILES string of the molecule is CC(C)(C)c1cc2ccc3cc(C(C)(C)C)c(N(S(=O)(=O)c4ccccc4)S(=O)(=O)c4ccccc4)c4ccc(c1)c2c34. The van der Waals surface area contributed by atoms with E-state index in [-0.39, 0.29) is 20.9 Å². The molecule has 220 valence electrons. The van der Waals surface area contributed by atoms with Gasteiger partial charge in [-0.2, -0.15) is 3.71 Å². The van der Waals surface area contributed by atoms with E-state index < -0.39 is 25.5 Å². The molecule has 0 bridgehead atoms. The smallest absolute Gasteiger partial charge is 0.200 e. The molecule has 0 aliphatic carbocycles. The number of benzene rings is 6. The highest BCUT2D eigenvalue weighted by molar-refractivity contribution is 8.10. The summed E-state index contributed by atoms with van der Waals surface area (Å²) < 4.78 is 59.0. The van der Waals surface area contributed by atoms with Crippen molar-refractivity contribution in [3.8, 4) is 0 Å². The van der Waals surface area contributed by atoms with E-state index >= 15 is 0 Å². The van der Waals surface area contributed by atoms with Crippen LogP contribution in [0.1, 0.15) is 52.7 Å². The summed E-state index contributed by atoms with van der Waals surface area (Å²) in [6.45, 7) is 12.4. The molecule has 43 heavy (non-hydrogen) atoms. The minimum Gasteiger partial charge on any atom is -0.200 e. The van der Waals surface area contributed by atoms with E-state index in [2.05, 4.69) is 45.0 Å². The second kappa shape index (κ2) is 9.79. The van der Waals surface area contributed by atoms with Crippen molar-refractivity contribution in [2.45, 2.75) is 62.2 Å². The highest BCUT2D eigenvalue weighted by Gasteiger charge is 2.41. The zero-order valence-corrected chi connectivity index (χ0v) is 26.8. The molecule has 0 radical (unpaired) electrons. The fraction of sp³-hybridized carbons (Fsp3) is 0.222. The first-order chi connectivity index (χ1) is 20.1. The van der Waals surface area contributed by atoms with Gasteiger partial charge in [-0.1, -0.05) is 114 Å². The van der Waals surface area contributed by atoms with Gasteiger partial charge < -0.3 is 0 Å². The molecule has 0 aliphatic rings. The third kappa shape index (κ3) is 4.75. The van der Waals surface area contributed by atoms with Gasteiger partial charge in [0, 0.05) is 5.39 Å². The lowest BCUT2D eigenvalue weighted by atomic mass is 9.80. The van der Waals surface area contributed by atoms with Crippen molar-refractivity contribution in [1.29, 1.82) is 0 Å². The van der Waals surface area contributed by atoms with Gasteiger partial charge in [-0.15, -0.1) is 0 Å². The molecule has 0 fully saturated rings. The molecular formula is C36H35NO4S2. The summed E-state index contributed by atoms with van der Waals surface area (Å²) in [5.74, 6) is 0. The number of rotatable bonds is 5. The predicted octanol–water partition coefficient (Wildman–Crippen LogP) is 8.76. The summed E-state index contributed by atoms with van der Waals surface area (Å²) >= 11 is 0. The number of nitrogens with zero attached hydrogens (tertiary/aromatic N) is 1. The Morgan fingerprint density at radius 3 is 1.40 bits per heavy atom. The van der Waals surface area contributed by atoms with Crippen LogP contribution in [0, 0.1) is 0 Å². The van der Waals surface area contributed by atoms with Crippen molar-refractivity contribution in [3.63, 3.8) is 0 Å². The quantitative estimate of drug-likeness (QED) is 0.183. The third-order valence-corrected chi connectivity index (χ3v) is 12.2. The maximum absolute atomic E-state index is 14.6. The lowest BCUT2D eigenvalue weighted by molar-refractivity contribution is 0.579. The van der Waals surface area contributed by atoms with Crippen molar-refractivity contribution in [2.75, 3.05) is 3.71 Å². The van der Waals surface area contributed by atoms with Crippen molar-refractivity contribution in [1.82, 2.24) is 0 Å². The van der Waals surface area contributed by atoms with Gasteiger partial charge in [0.15, 0.2) is 0 Å². The van der Waals surface area contributed by atoms with Crippen LogP contribution >= 0.6 is 0 Å². The van der Waals surface area contributed by atoms with Crippen LogP contribution in [-0.2, 0) is 30.9 Å². The zero-order chi connectivity index (χ0) is 30.9. The Hall–Kier alpha value is -3.94. The Morgan fingerprint density at radius 1 is 0.512 bits per heavy atom. The van der Waals surface area contributed by atoms with E-state index in [1.54, 1.807) is 36.4 Å². The van der Waals surface area contributed by atoms with E-state index in [0.29, 0.717) is 14.7 Å². The van der Waals surface area contributed by atoms with E-state index in [4.69, 9.17) is 0 Å². The summed E-state index contributed by atoms with van der Waals surface area (Å²) in [5, 5.41) is 5.38. The maximum atomic E-state index is 14.6. The van der Waals surface area contributed by atoms with Crippen molar-refractivity contribution >= 4 is 58.1 Å². The number of hydrogen-bond acceptors (Lipinski definition) is 4. The first-order valence-corrected chi connectivity index (χ1v) is 17.2. The first kappa shape index (κ1) is 29.1. The Balaban J connectivity index is 1.81. The molecule has 0 spiro atoms. The van der Waals surface area contributed by atoms with E-state index in [1.807, 2.05) is 39.0 Å². The Kier molecular flexibility index (Phi) is 6.64. The van der Waals surface area contributed by atoms with Crippen LogP contribution < -0.4 is 3.71 Å². The summed E-state index contributed by atoms with van der Waals surface area (Å²) in [4.78, 5) is -0.204. The van der Waals surface area contributed by atoms with E-state index in [9.17, 15) is 16.8 Å². The normalized spacial score (nSPS) is 13.3. The lowest BCUT2D eigenvalue weighted by Gasteiger charge is -2.32. The van der Waals surface area contributed by atoms with Gasteiger partial charge in [0.2, 0.25) is 0 Å². The Labute approximate surface area is 254 Å².